The van der Waals surface area contributed by atoms with Crippen molar-refractivity contribution in [2.45, 2.75) is 25.3 Å². The van der Waals surface area contributed by atoms with Gasteiger partial charge in [0.2, 0.25) is 0 Å². The van der Waals surface area contributed by atoms with E-state index in [1.54, 1.807) is 0 Å². The number of hydrogen-bond acceptors (Lipinski definition) is 2. The van der Waals surface area contributed by atoms with Gasteiger partial charge in [-0.25, -0.2) is 0 Å². The Hall–Kier alpha value is 0.01000. The molecule has 110 valence electrons. The second-order valence-corrected chi connectivity index (χ2v) is 5.17. The van der Waals surface area contributed by atoms with Gasteiger partial charge >= 0.3 is 0 Å². The monoisotopic (exact) mass is 324 g/mol. The van der Waals surface area contributed by atoms with E-state index < -0.39 is 0 Å². The van der Waals surface area contributed by atoms with Crippen LogP contribution in [-0.2, 0) is 0 Å². The maximum absolute atomic E-state index is 5.91. The van der Waals surface area contributed by atoms with Crippen molar-refractivity contribution < 1.29 is 0 Å². The lowest BCUT2D eigenvalue weighted by Crippen LogP contribution is -2.26. The number of nitrogens with zero attached hydrogens (tertiary/aromatic N) is 1. The van der Waals surface area contributed by atoms with Crippen molar-refractivity contribution in [3.63, 3.8) is 0 Å². The molecule has 0 spiro atoms. The maximum Gasteiger partial charge on any atom is 0.0406 e. The Morgan fingerprint density at radius 3 is 2.26 bits per heavy atom. The Morgan fingerprint density at radius 1 is 1.16 bits per heavy atom. The average Bonchev–Trinajstić information content (AvgIpc) is 2.85. The topological polar surface area (TPSA) is 15.3 Å². The molecule has 0 radical (unpaired) electrons. The van der Waals surface area contributed by atoms with Crippen molar-refractivity contribution >= 4 is 36.4 Å². The van der Waals surface area contributed by atoms with Crippen LogP contribution in [0.2, 0.25) is 5.02 Å². The van der Waals surface area contributed by atoms with Gasteiger partial charge < -0.3 is 10.2 Å². The average molecular weight is 326 g/mol. The standard InChI is InChI=1S/C14H21ClN2.2ClH/c1-16-14(8-11-17-9-2-3-10-17)12-4-6-13(15)7-5-12;;/h4-7,14,16H,2-3,8-11H2,1H3;2*1H. The van der Waals surface area contributed by atoms with Gasteiger partial charge in [0, 0.05) is 11.1 Å². The second kappa shape index (κ2) is 9.84. The zero-order valence-electron chi connectivity index (χ0n) is 11.3. The molecule has 1 unspecified atom stereocenters. The van der Waals surface area contributed by atoms with Crippen LogP contribution in [0.25, 0.3) is 0 Å². The summed E-state index contributed by atoms with van der Waals surface area (Å²) in [5.74, 6) is 0. The summed E-state index contributed by atoms with van der Waals surface area (Å²) < 4.78 is 0. The molecule has 5 heteroatoms. The smallest absolute Gasteiger partial charge is 0.0406 e. The van der Waals surface area contributed by atoms with Crippen LogP contribution in [0.3, 0.4) is 0 Å². The Labute approximate surface area is 133 Å². The van der Waals surface area contributed by atoms with E-state index in [2.05, 4.69) is 22.3 Å². The van der Waals surface area contributed by atoms with Gasteiger partial charge in [0.15, 0.2) is 0 Å². The van der Waals surface area contributed by atoms with E-state index in [-0.39, 0.29) is 24.8 Å². The molecule has 19 heavy (non-hydrogen) atoms. The van der Waals surface area contributed by atoms with E-state index in [0.717, 1.165) is 11.4 Å². The van der Waals surface area contributed by atoms with Crippen LogP contribution in [0.5, 0.6) is 0 Å². The molecule has 1 aliphatic heterocycles. The number of rotatable bonds is 5. The van der Waals surface area contributed by atoms with Gasteiger partial charge in [-0.1, -0.05) is 23.7 Å². The Kier molecular flexibility index (Phi) is 9.85. The largest absolute Gasteiger partial charge is 0.313 e. The first-order valence-corrected chi connectivity index (χ1v) is 6.82. The summed E-state index contributed by atoms with van der Waals surface area (Å²) >= 11 is 5.91. The Bertz CT molecular complexity index is 337. The van der Waals surface area contributed by atoms with Crippen LogP contribution in [0.15, 0.2) is 24.3 Å². The third-order valence-corrected chi connectivity index (χ3v) is 3.81. The van der Waals surface area contributed by atoms with Gasteiger partial charge in [-0.15, -0.1) is 24.8 Å². The SMILES string of the molecule is CNC(CCN1CCCC1)c1ccc(Cl)cc1.Cl.Cl. The van der Waals surface area contributed by atoms with Crippen LogP contribution < -0.4 is 5.32 Å². The van der Waals surface area contributed by atoms with Crippen LogP contribution in [-0.4, -0.2) is 31.6 Å². The summed E-state index contributed by atoms with van der Waals surface area (Å²) in [7, 11) is 2.03. The molecule has 1 fully saturated rings. The molecule has 2 rings (SSSR count). The quantitative estimate of drug-likeness (QED) is 0.882. The molecule has 0 amide bonds. The molecule has 1 N–H and O–H groups in total. The highest BCUT2D eigenvalue weighted by molar-refractivity contribution is 6.30. The summed E-state index contributed by atoms with van der Waals surface area (Å²) in [4.78, 5) is 2.56. The highest BCUT2D eigenvalue weighted by atomic mass is 35.5. The highest BCUT2D eigenvalue weighted by Crippen LogP contribution is 2.20. The van der Waals surface area contributed by atoms with Gasteiger partial charge in [0.05, 0.1) is 0 Å². The van der Waals surface area contributed by atoms with Gasteiger partial charge in [-0.05, 0) is 63.6 Å². The lowest BCUT2D eigenvalue weighted by Gasteiger charge is -2.21. The number of likely N-dealkylation sites (tertiary alicyclic amines) is 1. The molecule has 1 aromatic rings. The van der Waals surface area contributed by atoms with E-state index in [4.69, 9.17) is 11.6 Å². The predicted molar refractivity (Wildman–Crippen MR) is 88.0 cm³/mol. The second-order valence-electron chi connectivity index (χ2n) is 4.73. The summed E-state index contributed by atoms with van der Waals surface area (Å²) in [5.41, 5.74) is 1.33. The molecule has 0 aromatic heterocycles. The number of nitrogens with one attached hydrogen (secondary N) is 1. The summed E-state index contributed by atoms with van der Waals surface area (Å²) in [6, 6.07) is 8.61. The fourth-order valence-corrected chi connectivity index (χ4v) is 2.62. The predicted octanol–water partition coefficient (Wildman–Crippen LogP) is 3.93. The van der Waals surface area contributed by atoms with Crippen molar-refractivity contribution in [1.82, 2.24) is 10.2 Å². The zero-order chi connectivity index (χ0) is 12.1. The maximum atomic E-state index is 5.91. The molecule has 1 saturated heterocycles. The molecule has 1 aromatic carbocycles. The van der Waals surface area contributed by atoms with Gasteiger partial charge in [-0.3, -0.25) is 0 Å². The molecular weight excluding hydrogens is 303 g/mol. The number of halogens is 3. The molecule has 0 bridgehead atoms. The molecule has 0 saturated carbocycles. The summed E-state index contributed by atoms with van der Waals surface area (Å²) in [6.45, 7) is 3.74. The van der Waals surface area contributed by atoms with Gasteiger partial charge in [0.1, 0.15) is 0 Å². The Balaban J connectivity index is 0.00000162. The third kappa shape index (κ3) is 5.88. The minimum absolute atomic E-state index is 0. The normalized spacial score (nSPS) is 16.5. The van der Waals surface area contributed by atoms with Crippen LogP contribution in [0.1, 0.15) is 30.9 Å². The molecule has 1 heterocycles. The first-order chi connectivity index (χ1) is 8.29. The highest BCUT2D eigenvalue weighted by Gasteiger charge is 2.14. The summed E-state index contributed by atoms with van der Waals surface area (Å²) in [6.07, 6.45) is 3.90. The van der Waals surface area contributed by atoms with Crippen LogP contribution >= 0.6 is 36.4 Å². The van der Waals surface area contributed by atoms with Gasteiger partial charge in [-0.2, -0.15) is 0 Å². The minimum Gasteiger partial charge on any atom is -0.313 e. The fraction of sp³-hybridized carbons (Fsp3) is 0.571. The number of benzene rings is 1. The van der Waals surface area contributed by atoms with E-state index in [1.165, 1.54) is 38.0 Å². The van der Waals surface area contributed by atoms with E-state index in [0.29, 0.717) is 6.04 Å². The van der Waals surface area contributed by atoms with Crippen molar-refractivity contribution in [3.8, 4) is 0 Å². The Morgan fingerprint density at radius 2 is 1.74 bits per heavy atom. The summed E-state index contributed by atoms with van der Waals surface area (Å²) in [5, 5.41) is 4.20. The van der Waals surface area contributed by atoms with Crippen LogP contribution in [0, 0.1) is 0 Å². The van der Waals surface area contributed by atoms with Crippen molar-refractivity contribution in [1.29, 1.82) is 0 Å². The van der Waals surface area contributed by atoms with E-state index in [9.17, 15) is 0 Å². The molecule has 2 nitrogen and oxygen atoms in total. The van der Waals surface area contributed by atoms with Crippen molar-refractivity contribution in [2.75, 3.05) is 26.7 Å². The van der Waals surface area contributed by atoms with E-state index >= 15 is 0 Å². The third-order valence-electron chi connectivity index (χ3n) is 3.55. The van der Waals surface area contributed by atoms with Crippen molar-refractivity contribution in [2.24, 2.45) is 0 Å². The fourth-order valence-electron chi connectivity index (χ4n) is 2.49. The van der Waals surface area contributed by atoms with Crippen molar-refractivity contribution in [3.05, 3.63) is 34.9 Å². The molecule has 0 aliphatic carbocycles. The first-order valence-electron chi connectivity index (χ1n) is 6.44. The molecule has 1 aliphatic rings. The number of hydrogen-bond donors (Lipinski definition) is 1. The molecular formula is C14H23Cl3N2. The van der Waals surface area contributed by atoms with Gasteiger partial charge in [0.25, 0.3) is 0 Å². The van der Waals surface area contributed by atoms with Crippen LogP contribution in [0.4, 0.5) is 0 Å². The van der Waals surface area contributed by atoms with E-state index in [1.807, 2.05) is 19.2 Å². The molecule has 1 atom stereocenters. The zero-order valence-corrected chi connectivity index (χ0v) is 13.7. The first kappa shape index (κ1) is 19.0. The lowest BCUT2D eigenvalue weighted by molar-refractivity contribution is 0.314. The minimum atomic E-state index is 0. The lowest BCUT2D eigenvalue weighted by atomic mass is 10.0.